The van der Waals surface area contributed by atoms with E-state index in [1.165, 1.54) is 18.4 Å². The van der Waals surface area contributed by atoms with E-state index in [4.69, 9.17) is 0 Å². The quantitative estimate of drug-likeness (QED) is 0.602. The van der Waals surface area contributed by atoms with Crippen LogP contribution in [0.4, 0.5) is 10.5 Å². The summed E-state index contributed by atoms with van der Waals surface area (Å²) in [7, 11) is 1.27. The van der Waals surface area contributed by atoms with Crippen LogP contribution in [-0.4, -0.2) is 47.9 Å². The molecule has 1 saturated carbocycles. The van der Waals surface area contributed by atoms with Crippen molar-refractivity contribution in [2.45, 2.75) is 44.1 Å². The van der Waals surface area contributed by atoms with Gasteiger partial charge in [0.15, 0.2) is 0 Å². The van der Waals surface area contributed by atoms with E-state index in [9.17, 15) is 19.2 Å². The highest BCUT2D eigenvalue weighted by atomic mass is 32.1. The third-order valence-corrected chi connectivity index (χ3v) is 5.72. The highest BCUT2D eigenvalue weighted by Crippen LogP contribution is 2.33. The van der Waals surface area contributed by atoms with Crippen LogP contribution < -0.4 is 10.6 Å². The molecule has 1 spiro atoms. The molecule has 1 aromatic heterocycles. The van der Waals surface area contributed by atoms with Crippen molar-refractivity contribution >= 4 is 40.8 Å². The van der Waals surface area contributed by atoms with Gasteiger partial charge >= 0.3 is 12.0 Å². The monoisotopic (exact) mass is 379 g/mol. The Kier molecular flexibility index (Phi) is 5.26. The maximum absolute atomic E-state index is 12.7. The molecule has 1 aliphatic heterocycles. The molecule has 2 heterocycles. The molecule has 0 bridgehead atoms. The lowest BCUT2D eigenvalue weighted by molar-refractivity contribution is -0.132. The molecule has 1 saturated heterocycles. The molecule has 9 heteroatoms. The maximum Gasteiger partial charge on any atom is 0.350 e. The van der Waals surface area contributed by atoms with Gasteiger partial charge in [-0.05, 0) is 24.3 Å². The van der Waals surface area contributed by atoms with Gasteiger partial charge in [-0.3, -0.25) is 14.5 Å². The second kappa shape index (κ2) is 7.45. The number of methoxy groups -OCH3 is 1. The summed E-state index contributed by atoms with van der Waals surface area (Å²) in [5, 5.41) is 7.12. The second-order valence-electron chi connectivity index (χ2n) is 6.48. The summed E-state index contributed by atoms with van der Waals surface area (Å²) in [6.45, 7) is 0.00987. The van der Waals surface area contributed by atoms with Crippen LogP contribution in [-0.2, 0) is 14.3 Å². The Morgan fingerprint density at radius 3 is 2.73 bits per heavy atom. The Labute approximate surface area is 154 Å². The third kappa shape index (κ3) is 3.44. The van der Waals surface area contributed by atoms with Crippen LogP contribution >= 0.6 is 11.3 Å². The molecule has 0 radical (unpaired) electrons. The van der Waals surface area contributed by atoms with E-state index in [0.29, 0.717) is 23.4 Å². The number of rotatable bonds is 5. The Hall–Kier alpha value is -2.42. The molecule has 0 unspecified atom stereocenters. The number of carbonyl (C=O) groups is 4. The molecule has 2 aliphatic rings. The summed E-state index contributed by atoms with van der Waals surface area (Å²) in [6, 6.07) is 1.18. The van der Waals surface area contributed by atoms with Crippen LogP contribution in [0.25, 0.3) is 0 Å². The lowest BCUT2D eigenvalue weighted by atomic mass is 9.82. The molecule has 4 amide bonds. The van der Waals surface area contributed by atoms with E-state index in [1.807, 2.05) is 0 Å². The van der Waals surface area contributed by atoms with Gasteiger partial charge in [-0.15, -0.1) is 11.3 Å². The average molecular weight is 379 g/mol. The lowest BCUT2D eigenvalue weighted by Gasteiger charge is -2.30. The summed E-state index contributed by atoms with van der Waals surface area (Å²) in [5.41, 5.74) is -0.412. The standard InChI is InChI=1S/C17H21N3O5S/c1-25-14(22)13-11(6-10-26-13)18-12(21)5-9-20-15(23)17(19-16(20)24)7-3-2-4-8-17/h6,10H,2-5,7-9H2,1H3,(H,18,21)(H,19,24). The van der Waals surface area contributed by atoms with E-state index in [2.05, 4.69) is 15.4 Å². The first-order valence-corrected chi connectivity index (χ1v) is 9.44. The minimum Gasteiger partial charge on any atom is -0.465 e. The smallest absolute Gasteiger partial charge is 0.350 e. The first kappa shape index (κ1) is 18.4. The molecule has 140 valence electrons. The molecular formula is C17H21N3O5S. The molecule has 3 rings (SSSR count). The number of imide groups is 1. The summed E-state index contributed by atoms with van der Waals surface area (Å²) in [5.74, 6) is -1.14. The van der Waals surface area contributed by atoms with Crippen molar-refractivity contribution in [3.05, 3.63) is 16.3 Å². The van der Waals surface area contributed by atoms with E-state index in [0.717, 1.165) is 24.2 Å². The fourth-order valence-electron chi connectivity index (χ4n) is 3.46. The Morgan fingerprint density at radius 2 is 2.04 bits per heavy atom. The minimum atomic E-state index is -0.781. The molecule has 1 aliphatic carbocycles. The van der Waals surface area contributed by atoms with Gasteiger partial charge in [-0.25, -0.2) is 9.59 Å². The van der Waals surface area contributed by atoms with Crippen LogP contribution in [0, 0.1) is 0 Å². The van der Waals surface area contributed by atoms with Crippen molar-refractivity contribution in [3.63, 3.8) is 0 Å². The average Bonchev–Trinajstić information content (AvgIpc) is 3.17. The van der Waals surface area contributed by atoms with Crippen LogP contribution in [0.3, 0.4) is 0 Å². The van der Waals surface area contributed by atoms with Crippen LogP contribution in [0.5, 0.6) is 0 Å². The summed E-state index contributed by atoms with van der Waals surface area (Å²) >= 11 is 1.17. The molecule has 2 N–H and O–H groups in total. The summed E-state index contributed by atoms with van der Waals surface area (Å²) in [6.07, 6.45) is 4.15. The van der Waals surface area contributed by atoms with Crippen molar-refractivity contribution in [3.8, 4) is 0 Å². The minimum absolute atomic E-state index is 0.00987. The van der Waals surface area contributed by atoms with Gasteiger partial charge in [-0.2, -0.15) is 0 Å². The van der Waals surface area contributed by atoms with Crippen molar-refractivity contribution in [2.75, 3.05) is 19.0 Å². The summed E-state index contributed by atoms with van der Waals surface area (Å²) in [4.78, 5) is 50.1. The SMILES string of the molecule is COC(=O)c1sccc1NC(=O)CCN1C(=O)NC2(CCCCC2)C1=O. The number of carbonyl (C=O) groups excluding carboxylic acids is 4. The van der Waals surface area contributed by atoms with E-state index in [1.54, 1.807) is 11.4 Å². The summed E-state index contributed by atoms with van der Waals surface area (Å²) < 4.78 is 4.66. The highest BCUT2D eigenvalue weighted by Gasteiger charge is 2.51. The third-order valence-electron chi connectivity index (χ3n) is 4.83. The Bertz CT molecular complexity index is 739. The molecular weight excluding hydrogens is 358 g/mol. The highest BCUT2D eigenvalue weighted by molar-refractivity contribution is 7.12. The number of urea groups is 1. The second-order valence-corrected chi connectivity index (χ2v) is 7.40. The van der Waals surface area contributed by atoms with Gasteiger partial charge in [0, 0.05) is 13.0 Å². The van der Waals surface area contributed by atoms with Crippen molar-refractivity contribution in [2.24, 2.45) is 0 Å². The zero-order valence-electron chi connectivity index (χ0n) is 14.5. The van der Waals surface area contributed by atoms with Crippen LogP contribution in [0.15, 0.2) is 11.4 Å². The van der Waals surface area contributed by atoms with Gasteiger partial charge in [0.2, 0.25) is 5.91 Å². The first-order valence-electron chi connectivity index (χ1n) is 8.56. The number of hydrogen-bond acceptors (Lipinski definition) is 6. The molecule has 0 atom stereocenters. The van der Waals surface area contributed by atoms with E-state index in [-0.39, 0.29) is 24.8 Å². The number of thiophene rings is 1. The first-order chi connectivity index (χ1) is 12.5. The zero-order valence-corrected chi connectivity index (χ0v) is 15.3. The number of esters is 1. The van der Waals surface area contributed by atoms with E-state index >= 15 is 0 Å². The fraction of sp³-hybridized carbons (Fsp3) is 0.529. The number of amides is 4. The van der Waals surface area contributed by atoms with Gasteiger partial charge in [-0.1, -0.05) is 19.3 Å². The van der Waals surface area contributed by atoms with Crippen LogP contribution in [0.1, 0.15) is 48.2 Å². The maximum atomic E-state index is 12.7. The van der Waals surface area contributed by atoms with Crippen molar-refractivity contribution in [1.29, 1.82) is 0 Å². The van der Waals surface area contributed by atoms with Crippen molar-refractivity contribution in [1.82, 2.24) is 10.2 Å². The predicted octanol–water partition coefficient (Wildman–Crippen LogP) is 2.12. The topological polar surface area (TPSA) is 105 Å². The molecule has 0 aromatic carbocycles. The molecule has 26 heavy (non-hydrogen) atoms. The molecule has 8 nitrogen and oxygen atoms in total. The van der Waals surface area contributed by atoms with Gasteiger partial charge in [0.1, 0.15) is 10.4 Å². The van der Waals surface area contributed by atoms with Gasteiger partial charge in [0.05, 0.1) is 12.8 Å². The fourth-order valence-corrected chi connectivity index (χ4v) is 4.22. The molecule has 1 aromatic rings. The Morgan fingerprint density at radius 1 is 1.31 bits per heavy atom. The van der Waals surface area contributed by atoms with Crippen molar-refractivity contribution < 1.29 is 23.9 Å². The number of hydrogen-bond donors (Lipinski definition) is 2. The Balaban J connectivity index is 1.58. The number of ether oxygens (including phenoxy) is 1. The number of anilines is 1. The largest absolute Gasteiger partial charge is 0.465 e. The van der Waals surface area contributed by atoms with Gasteiger partial charge in [0.25, 0.3) is 5.91 Å². The van der Waals surface area contributed by atoms with Crippen LogP contribution in [0.2, 0.25) is 0 Å². The van der Waals surface area contributed by atoms with E-state index < -0.39 is 17.5 Å². The number of nitrogens with zero attached hydrogens (tertiary/aromatic N) is 1. The zero-order chi connectivity index (χ0) is 18.7. The normalized spacial score (nSPS) is 18.7. The molecule has 2 fully saturated rings. The van der Waals surface area contributed by atoms with Gasteiger partial charge < -0.3 is 15.4 Å². The lowest BCUT2D eigenvalue weighted by Crippen LogP contribution is -2.48. The number of nitrogens with one attached hydrogen (secondary N) is 2. The predicted molar refractivity (Wildman–Crippen MR) is 95.0 cm³/mol.